The van der Waals surface area contributed by atoms with E-state index < -0.39 is 20.9 Å². The van der Waals surface area contributed by atoms with Crippen LogP contribution in [-0.4, -0.2) is 60.0 Å². The molecule has 0 amide bonds. The molecule has 7 nitrogen and oxygen atoms in total. The predicted octanol–water partition coefficient (Wildman–Crippen LogP) is 0.0637. The number of carbonyl (C=O) groups excluding carboxylic acids is 1. The molecule has 0 saturated heterocycles. The van der Waals surface area contributed by atoms with Crippen LogP contribution >= 0.6 is 0 Å². The molecule has 3 N–H and O–H groups in total. The molecular formula is C12H25NO6Si. The van der Waals surface area contributed by atoms with E-state index in [2.05, 4.69) is 6.58 Å². The lowest BCUT2D eigenvalue weighted by Gasteiger charge is -2.26. The first-order valence-electron chi connectivity index (χ1n) is 6.45. The van der Waals surface area contributed by atoms with Crippen LogP contribution in [0.4, 0.5) is 0 Å². The van der Waals surface area contributed by atoms with E-state index in [4.69, 9.17) is 23.7 Å². The fourth-order valence-corrected chi connectivity index (χ4v) is 3.49. The van der Waals surface area contributed by atoms with E-state index in [9.17, 15) is 9.90 Å². The molecule has 0 aliphatic rings. The molecule has 1 atom stereocenters. The minimum absolute atomic E-state index is 0.0917. The maximum Gasteiger partial charge on any atom is 0.500 e. The summed E-state index contributed by atoms with van der Waals surface area (Å²) in [5.41, 5.74) is 5.46. The first kappa shape index (κ1) is 19.2. The number of nitrogens with two attached hydrogens (primary N) is 1. The molecule has 0 fully saturated rings. The van der Waals surface area contributed by atoms with Crippen molar-refractivity contribution in [1.29, 1.82) is 0 Å². The molecule has 0 radical (unpaired) electrons. The van der Waals surface area contributed by atoms with Gasteiger partial charge in [0.2, 0.25) is 0 Å². The van der Waals surface area contributed by atoms with Crippen molar-refractivity contribution >= 4 is 14.8 Å². The van der Waals surface area contributed by atoms with Crippen molar-refractivity contribution in [3.8, 4) is 0 Å². The second-order valence-corrected chi connectivity index (χ2v) is 7.08. The topological polar surface area (TPSA) is 100 Å². The van der Waals surface area contributed by atoms with E-state index >= 15 is 0 Å². The summed E-state index contributed by atoms with van der Waals surface area (Å²) in [4.78, 5) is 10.8. The van der Waals surface area contributed by atoms with E-state index in [0.29, 0.717) is 19.0 Å². The lowest BCUT2D eigenvalue weighted by Crippen LogP contribution is -2.44. The van der Waals surface area contributed by atoms with Gasteiger partial charge in [-0.2, -0.15) is 0 Å². The summed E-state index contributed by atoms with van der Waals surface area (Å²) in [6.07, 6.45) is 1.31. The number of ether oxygens (including phenoxy) is 1. The molecule has 118 valence electrons. The summed E-state index contributed by atoms with van der Waals surface area (Å²) in [6, 6.07) is 0.623. The summed E-state index contributed by atoms with van der Waals surface area (Å²) in [6.45, 7) is 3.96. The first-order valence-corrected chi connectivity index (χ1v) is 8.38. The number of esters is 1. The van der Waals surface area contributed by atoms with E-state index in [-0.39, 0.29) is 13.2 Å². The average Bonchev–Trinajstić information content (AvgIpc) is 2.48. The SMILES string of the molecule is C=CC(=O)OCC(O)CCO[Si](CCCN)(OC)OC. The molecule has 0 aliphatic heterocycles. The third-order valence-corrected chi connectivity index (χ3v) is 5.52. The molecule has 0 aliphatic carbocycles. The molecule has 0 spiro atoms. The van der Waals surface area contributed by atoms with Gasteiger partial charge in [0.05, 0.1) is 6.10 Å². The molecule has 0 bridgehead atoms. The molecule has 0 aromatic rings. The highest BCUT2D eigenvalue weighted by atomic mass is 28.4. The zero-order chi connectivity index (χ0) is 15.4. The molecule has 0 heterocycles. The highest BCUT2D eigenvalue weighted by Gasteiger charge is 2.38. The van der Waals surface area contributed by atoms with E-state index in [0.717, 1.165) is 12.5 Å². The zero-order valence-corrected chi connectivity index (χ0v) is 13.2. The van der Waals surface area contributed by atoms with Crippen LogP contribution < -0.4 is 5.73 Å². The van der Waals surface area contributed by atoms with Crippen LogP contribution in [0.2, 0.25) is 6.04 Å². The van der Waals surface area contributed by atoms with Gasteiger partial charge >= 0.3 is 14.8 Å². The third-order valence-electron chi connectivity index (χ3n) is 2.67. The number of hydrogen-bond acceptors (Lipinski definition) is 7. The molecule has 1 unspecified atom stereocenters. The Bertz CT molecular complexity index is 285. The van der Waals surface area contributed by atoms with Gasteiger partial charge in [0, 0.05) is 32.9 Å². The van der Waals surface area contributed by atoms with Crippen molar-refractivity contribution in [2.24, 2.45) is 5.73 Å². The van der Waals surface area contributed by atoms with Gasteiger partial charge in [-0.05, 0) is 19.4 Å². The van der Waals surface area contributed by atoms with Crippen LogP contribution in [0, 0.1) is 0 Å². The summed E-state index contributed by atoms with van der Waals surface area (Å²) >= 11 is 0. The van der Waals surface area contributed by atoms with Gasteiger partial charge in [-0.3, -0.25) is 0 Å². The van der Waals surface area contributed by atoms with Crippen LogP contribution in [0.5, 0.6) is 0 Å². The molecule has 0 saturated carbocycles. The molecule has 0 aromatic heterocycles. The number of aliphatic hydroxyl groups excluding tert-OH is 1. The Morgan fingerprint density at radius 2 is 2.10 bits per heavy atom. The molecule has 0 aromatic carbocycles. The Labute approximate surface area is 121 Å². The van der Waals surface area contributed by atoms with E-state index in [1.54, 1.807) is 0 Å². The maximum atomic E-state index is 10.8. The molecule has 20 heavy (non-hydrogen) atoms. The van der Waals surface area contributed by atoms with Gasteiger partial charge in [-0.15, -0.1) is 0 Å². The maximum absolute atomic E-state index is 10.8. The Morgan fingerprint density at radius 3 is 2.60 bits per heavy atom. The molecule has 0 rings (SSSR count). The Kier molecular flexibility index (Phi) is 10.5. The van der Waals surface area contributed by atoms with Crippen molar-refractivity contribution in [3.63, 3.8) is 0 Å². The third kappa shape index (κ3) is 7.73. The largest absolute Gasteiger partial charge is 0.500 e. The van der Waals surface area contributed by atoms with Crippen LogP contribution in [0.15, 0.2) is 12.7 Å². The van der Waals surface area contributed by atoms with Gasteiger partial charge in [0.25, 0.3) is 0 Å². The van der Waals surface area contributed by atoms with Gasteiger partial charge in [-0.1, -0.05) is 6.58 Å². The molecule has 8 heteroatoms. The van der Waals surface area contributed by atoms with Gasteiger partial charge in [0.15, 0.2) is 0 Å². The lowest BCUT2D eigenvalue weighted by molar-refractivity contribution is -0.140. The highest BCUT2D eigenvalue weighted by Crippen LogP contribution is 2.16. The van der Waals surface area contributed by atoms with Crippen molar-refractivity contribution in [2.75, 3.05) is 34.0 Å². The van der Waals surface area contributed by atoms with Crippen LogP contribution in [0.3, 0.4) is 0 Å². The summed E-state index contributed by atoms with van der Waals surface area (Å²) in [5, 5.41) is 9.63. The Morgan fingerprint density at radius 1 is 1.45 bits per heavy atom. The second-order valence-electron chi connectivity index (χ2n) is 4.11. The Hall–Kier alpha value is -0.773. The van der Waals surface area contributed by atoms with Crippen molar-refractivity contribution in [2.45, 2.75) is 25.0 Å². The van der Waals surface area contributed by atoms with Crippen molar-refractivity contribution < 1.29 is 27.9 Å². The monoisotopic (exact) mass is 307 g/mol. The number of hydrogen-bond donors (Lipinski definition) is 2. The standard InChI is InChI=1S/C12H25NO6Si/c1-4-12(15)18-10-11(14)6-8-19-20(16-2,17-3)9-5-7-13/h4,11,14H,1,5-10,13H2,2-3H3. The summed E-state index contributed by atoms with van der Waals surface area (Å²) in [5.74, 6) is -0.564. The van der Waals surface area contributed by atoms with Crippen molar-refractivity contribution in [3.05, 3.63) is 12.7 Å². The van der Waals surface area contributed by atoms with E-state index in [1.807, 2.05) is 0 Å². The molecular weight excluding hydrogens is 282 g/mol. The van der Waals surface area contributed by atoms with E-state index in [1.165, 1.54) is 14.2 Å². The number of carbonyl (C=O) groups is 1. The number of rotatable bonds is 12. The zero-order valence-electron chi connectivity index (χ0n) is 12.2. The normalized spacial score (nSPS) is 13.0. The lowest BCUT2D eigenvalue weighted by atomic mass is 10.3. The van der Waals surface area contributed by atoms with Crippen LogP contribution in [-0.2, 0) is 22.8 Å². The fourth-order valence-electron chi connectivity index (χ4n) is 1.47. The number of aliphatic hydroxyl groups is 1. The minimum atomic E-state index is -2.70. The minimum Gasteiger partial charge on any atom is -0.460 e. The fraction of sp³-hybridized carbons (Fsp3) is 0.750. The van der Waals surface area contributed by atoms with Crippen molar-refractivity contribution in [1.82, 2.24) is 0 Å². The smallest absolute Gasteiger partial charge is 0.460 e. The van der Waals surface area contributed by atoms with Crippen LogP contribution in [0.25, 0.3) is 0 Å². The van der Waals surface area contributed by atoms with Gasteiger partial charge in [-0.25, -0.2) is 4.79 Å². The quantitative estimate of drug-likeness (QED) is 0.299. The average molecular weight is 307 g/mol. The summed E-state index contributed by atoms with van der Waals surface area (Å²) < 4.78 is 21.1. The van der Waals surface area contributed by atoms with Crippen LogP contribution in [0.1, 0.15) is 12.8 Å². The Balaban J connectivity index is 4.03. The first-order chi connectivity index (χ1) is 9.53. The van der Waals surface area contributed by atoms with Gasteiger partial charge in [0.1, 0.15) is 6.61 Å². The van der Waals surface area contributed by atoms with Gasteiger partial charge < -0.3 is 28.9 Å². The predicted molar refractivity (Wildman–Crippen MR) is 76.0 cm³/mol. The highest BCUT2D eigenvalue weighted by molar-refractivity contribution is 6.60. The summed E-state index contributed by atoms with van der Waals surface area (Å²) in [7, 11) is 0.375. The second kappa shape index (κ2) is 10.9.